The van der Waals surface area contributed by atoms with Crippen LogP contribution in [0.25, 0.3) is 0 Å². The maximum Gasteiger partial charge on any atom is 0.268 e. The van der Waals surface area contributed by atoms with Crippen LogP contribution < -0.4 is 21.6 Å². The van der Waals surface area contributed by atoms with Crippen molar-refractivity contribution in [2.75, 3.05) is 7.11 Å². The Bertz CT molecular complexity index is 775. The van der Waals surface area contributed by atoms with Crippen molar-refractivity contribution >= 4 is 0 Å². The number of nitrogens with two attached hydrogens (primary N) is 1. The summed E-state index contributed by atoms with van der Waals surface area (Å²) >= 11 is 0. The smallest absolute Gasteiger partial charge is 0.268 e. The van der Waals surface area contributed by atoms with Crippen LogP contribution >= 0.6 is 0 Å². The highest BCUT2D eigenvalue weighted by atomic mass is 16.5. The zero-order valence-corrected chi connectivity index (χ0v) is 12.4. The summed E-state index contributed by atoms with van der Waals surface area (Å²) in [6.45, 7) is 3.92. The van der Waals surface area contributed by atoms with Gasteiger partial charge in [0.1, 0.15) is 5.75 Å². The molecule has 3 N–H and O–H groups in total. The van der Waals surface area contributed by atoms with E-state index in [1.165, 1.54) is 4.68 Å². The molecule has 112 valence electrons. The van der Waals surface area contributed by atoms with Gasteiger partial charge in [-0.15, -0.1) is 0 Å². The number of methoxy groups -OCH3 is 1. The second kappa shape index (κ2) is 5.97. The van der Waals surface area contributed by atoms with Crippen molar-refractivity contribution in [3.8, 4) is 5.75 Å². The Labute approximate surface area is 122 Å². The largest absolute Gasteiger partial charge is 0.496 e. The molecule has 0 aliphatic carbocycles. The molecule has 0 aliphatic heterocycles. The van der Waals surface area contributed by atoms with Crippen LogP contribution in [0.5, 0.6) is 5.75 Å². The van der Waals surface area contributed by atoms with Crippen LogP contribution in [0.4, 0.5) is 0 Å². The normalized spacial score (nSPS) is 10.7. The van der Waals surface area contributed by atoms with Gasteiger partial charge in [0, 0.05) is 23.2 Å². The number of hydrogen-bond acceptors (Lipinski definition) is 4. The van der Waals surface area contributed by atoms with Gasteiger partial charge in [-0.2, -0.15) is 0 Å². The third kappa shape index (κ3) is 2.90. The quantitative estimate of drug-likeness (QED) is 0.865. The van der Waals surface area contributed by atoms with Gasteiger partial charge in [-0.05, 0) is 31.5 Å². The molecule has 0 atom stereocenters. The van der Waals surface area contributed by atoms with Gasteiger partial charge in [-0.1, -0.05) is 6.07 Å². The lowest BCUT2D eigenvalue weighted by atomic mass is 10.1. The fourth-order valence-corrected chi connectivity index (χ4v) is 2.17. The topological polar surface area (TPSA) is 90.1 Å². The van der Waals surface area contributed by atoms with Crippen LogP contribution in [0.2, 0.25) is 0 Å². The lowest BCUT2D eigenvalue weighted by molar-refractivity contribution is 0.409. The van der Waals surface area contributed by atoms with Crippen molar-refractivity contribution in [1.29, 1.82) is 0 Å². The Morgan fingerprint density at radius 2 is 1.95 bits per heavy atom. The molecule has 0 spiro atoms. The molecule has 6 heteroatoms. The molecule has 0 unspecified atom stereocenters. The van der Waals surface area contributed by atoms with E-state index in [9.17, 15) is 9.59 Å². The van der Waals surface area contributed by atoms with Gasteiger partial charge >= 0.3 is 0 Å². The Kier molecular flexibility index (Phi) is 4.28. The van der Waals surface area contributed by atoms with Crippen molar-refractivity contribution in [3.63, 3.8) is 0 Å². The molecule has 2 aromatic rings. The van der Waals surface area contributed by atoms with Crippen molar-refractivity contribution < 1.29 is 4.74 Å². The van der Waals surface area contributed by atoms with E-state index >= 15 is 0 Å². The second-order valence-corrected chi connectivity index (χ2v) is 4.93. The highest BCUT2D eigenvalue weighted by Gasteiger charge is 2.09. The Morgan fingerprint density at radius 1 is 1.24 bits per heavy atom. The van der Waals surface area contributed by atoms with Gasteiger partial charge in [0.15, 0.2) is 0 Å². The summed E-state index contributed by atoms with van der Waals surface area (Å²) in [4.78, 5) is 23.9. The summed E-state index contributed by atoms with van der Waals surface area (Å²) in [5.74, 6) is 0.710. The van der Waals surface area contributed by atoms with E-state index in [-0.39, 0.29) is 17.7 Å². The van der Waals surface area contributed by atoms with Gasteiger partial charge in [0.2, 0.25) is 0 Å². The number of nitrogens with one attached hydrogen (secondary N) is 1. The van der Waals surface area contributed by atoms with Crippen molar-refractivity contribution in [2.24, 2.45) is 5.73 Å². The average molecular weight is 289 g/mol. The molecule has 1 aromatic heterocycles. The summed E-state index contributed by atoms with van der Waals surface area (Å²) in [6, 6.07) is 5.53. The van der Waals surface area contributed by atoms with Crippen LogP contribution in [0.15, 0.2) is 27.8 Å². The van der Waals surface area contributed by atoms with Crippen LogP contribution in [-0.4, -0.2) is 16.9 Å². The van der Waals surface area contributed by atoms with E-state index in [4.69, 9.17) is 10.5 Å². The Hall–Kier alpha value is -2.34. The van der Waals surface area contributed by atoms with E-state index < -0.39 is 0 Å². The molecule has 1 heterocycles. The van der Waals surface area contributed by atoms with Gasteiger partial charge in [-0.25, -0.2) is 4.68 Å². The first-order valence-electron chi connectivity index (χ1n) is 6.64. The molecule has 0 bridgehead atoms. The number of H-pyrrole nitrogens is 1. The first-order chi connectivity index (χ1) is 9.97. The van der Waals surface area contributed by atoms with Crippen molar-refractivity contribution in [2.45, 2.75) is 26.9 Å². The minimum Gasteiger partial charge on any atom is -0.496 e. The van der Waals surface area contributed by atoms with E-state index in [1.807, 2.05) is 18.2 Å². The monoisotopic (exact) mass is 289 g/mol. The molecule has 0 fully saturated rings. The SMILES string of the molecule is COc1ccc(Cn2[nH]c(=O)c(C)c(C)c2=O)cc1CN. The maximum absolute atomic E-state index is 12.2. The highest BCUT2D eigenvalue weighted by Crippen LogP contribution is 2.19. The summed E-state index contributed by atoms with van der Waals surface area (Å²) in [7, 11) is 1.58. The molecule has 0 aliphatic rings. The number of nitrogens with zero attached hydrogens (tertiary/aromatic N) is 1. The van der Waals surface area contributed by atoms with Gasteiger partial charge in [-0.3, -0.25) is 14.7 Å². The lowest BCUT2D eigenvalue weighted by Gasteiger charge is -2.11. The molecule has 2 rings (SSSR count). The lowest BCUT2D eigenvalue weighted by Crippen LogP contribution is -2.33. The van der Waals surface area contributed by atoms with E-state index in [1.54, 1.807) is 21.0 Å². The molecular formula is C15H19N3O3. The maximum atomic E-state index is 12.2. The zero-order chi connectivity index (χ0) is 15.6. The predicted molar refractivity (Wildman–Crippen MR) is 80.8 cm³/mol. The fraction of sp³-hybridized carbons (Fsp3) is 0.333. The molecule has 0 saturated heterocycles. The molecule has 0 saturated carbocycles. The van der Waals surface area contributed by atoms with E-state index in [0.29, 0.717) is 23.4 Å². The van der Waals surface area contributed by atoms with Crippen LogP contribution in [0, 0.1) is 13.8 Å². The van der Waals surface area contributed by atoms with Crippen LogP contribution in [-0.2, 0) is 13.1 Å². The summed E-state index contributed by atoms with van der Waals surface area (Å²) in [5.41, 5.74) is 7.88. The van der Waals surface area contributed by atoms with E-state index in [0.717, 1.165) is 11.1 Å². The zero-order valence-electron chi connectivity index (χ0n) is 12.4. The number of aromatic amines is 1. The number of ether oxygens (including phenoxy) is 1. The predicted octanol–water partition coefficient (Wildman–Crippen LogP) is 0.669. The first kappa shape index (κ1) is 15.1. The van der Waals surface area contributed by atoms with Crippen LogP contribution in [0.3, 0.4) is 0 Å². The summed E-state index contributed by atoms with van der Waals surface area (Å²) in [5, 5.41) is 2.59. The minimum atomic E-state index is -0.250. The summed E-state index contributed by atoms with van der Waals surface area (Å²) < 4.78 is 6.53. The highest BCUT2D eigenvalue weighted by molar-refractivity contribution is 5.37. The number of hydrogen-bond donors (Lipinski definition) is 2. The molecule has 0 amide bonds. The van der Waals surface area contributed by atoms with E-state index in [2.05, 4.69) is 5.10 Å². The molecule has 6 nitrogen and oxygen atoms in total. The van der Waals surface area contributed by atoms with Gasteiger partial charge in [0.25, 0.3) is 11.1 Å². The molecule has 0 radical (unpaired) electrons. The van der Waals surface area contributed by atoms with Gasteiger partial charge in [0.05, 0.1) is 13.7 Å². The Balaban J connectivity index is 2.44. The van der Waals surface area contributed by atoms with Crippen molar-refractivity contribution in [1.82, 2.24) is 9.78 Å². The number of benzene rings is 1. The number of aromatic nitrogens is 2. The third-order valence-corrected chi connectivity index (χ3v) is 3.61. The Morgan fingerprint density at radius 3 is 2.57 bits per heavy atom. The van der Waals surface area contributed by atoms with Gasteiger partial charge < -0.3 is 10.5 Å². The summed E-state index contributed by atoms with van der Waals surface area (Å²) in [6.07, 6.45) is 0. The molecular weight excluding hydrogens is 270 g/mol. The fourth-order valence-electron chi connectivity index (χ4n) is 2.17. The minimum absolute atomic E-state index is 0.197. The molecule has 1 aromatic carbocycles. The first-order valence-corrected chi connectivity index (χ1v) is 6.64. The molecule has 21 heavy (non-hydrogen) atoms. The van der Waals surface area contributed by atoms with Crippen LogP contribution in [0.1, 0.15) is 22.3 Å². The number of rotatable bonds is 4. The third-order valence-electron chi connectivity index (χ3n) is 3.61. The standard InChI is InChI=1S/C15H19N3O3/c1-9-10(2)15(20)18(17-14(9)19)8-11-4-5-13(21-3)12(6-11)7-16/h4-6H,7-8,16H2,1-3H3,(H,17,19). The average Bonchev–Trinajstić information content (AvgIpc) is 2.50. The van der Waals surface area contributed by atoms with Crippen molar-refractivity contribution in [3.05, 3.63) is 61.2 Å². The second-order valence-electron chi connectivity index (χ2n) is 4.93.